The first kappa shape index (κ1) is 29.0. The molecule has 13 heteroatoms. The molecule has 0 spiro atoms. The number of carbonyl (C=O) groups excluding carboxylic acids is 2. The molecule has 0 bridgehead atoms. The average molecular weight is 569 g/mol. The van der Waals surface area contributed by atoms with Crippen molar-refractivity contribution < 1.29 is 32.2 Å². The molecule has 0 fully saturated rings. The molecule has 0 aliphatic carbocycles. The Morgan fingerprint density at radius 3 is 2.53 bits per heavy atom. The van der Waals surface area contributed by atoms with E-state index in [2.05, 4.69) is 22.3 Å². The number of methoxy groups -OCH3 is 1. The fourth-order valence-corrected chi connectivity index (χ4v) is 4.15. The Hall–Kier alpha value is -3.56. The maximum atomic E-state index is 13.3. The lowest BCUT2D eigenvalue weighted by molar-refractivity contribution is -0.0328. The predicted molar refractivity (Wildman–Crippen MR) is 139 cm³/mol. The molecular weight excluding hydrogens is 545 g/mol. The van der Waals surface area contributed by atoms with E-state index in [0.29, 0.717) is 5.56 Å². The topological polar surface area (TPSA) is 85.2 Å². The van der Waals surface area contributed by atoms with Gasteiger partial charge in [-0.25, -0.2) is 9.31 Å². The molecule has 38 heavy (non-hydrogen) atoms. The van der Waals surface area contributed by atoms with Crippen LogP contribution in [0.2, 0.25) is 5.15 Å². The van der Waals surface area contributed by atoms with Gasteiger partial charge < -0.3 is 14.8 Å². The number of alkyl halides is 3. The number of carbonyl (C=O) groups is 2. The van der Waals surface area contributed by atoms with E-state index in [4.69, 9.17) is 21.1 Å². The standard InChI is InChI=1S/C25H24ClF3N4O4S/c1-24(2,3)37-23(35)32(17-12-11-15(22(34)30-4)14-19(17)36-5)13-7-8-16-21(38-25(27,28)29)18-9-6-10-20(26)33(18)31-16/h6,9-12,14H,13H2,1-5H3,(H,30,34). The molecule has 202 valence electrons. The van der Waals surface area contributed by atoms with Gasteiger partial charge in [-0.1, -0.05) is 23.6 Å². The summed E-state index contributed by atoms with van der Waals surface area (Å²) in [6.07, 6.45) is -0.777. The van der Waals surface area contributed by atoms with Gasteiger partial charge in [-0.05, 0) is 68.8 Å². The van der Waals surface area contributed by atoms with Gasteiger partial charge in [-0.3, -0.25) is 9.69 Å². The van der Waals surface area contributed by atoms with Crippen molar-refractivity contribution in [3.8, 4) is 17.6 Å². The normalized spacial score (nSPS) is 11.5. The fraction of sp³-hybridized carbons (Fsp3) is 0.320. The van der Waals surface area contributed by atoms with Crippen molar-refractivity contribution in [2.75, 3.05) is 25.6 Å². The Morgan fingerprint density at radius 2 is 1.92 bits per heavy atom. The summed E-state index contributed by atoms with van der Waals surface area (Å²) in [6, 6.07) is 8.87. The van der Waals surface area contributed by atoms with E-state index in [1.165, 1.54) is 50.6 Å². The molecule has 3 aromatic rings. The van der Waals surface area contributed by atoms with E-state index in [-0.39, 0.29) is 56.9 Å². The zero-order valence-electron chi connectivity index (χ0n) is 21.1. The number of hydrogen-bond donors (Lipinski definition) is 1. The van der Waals surface area contributed by atoms with Crippen molar-refractivity contribution >= 4 is 46.6 Å². The second-order valence-corrected chi connectivity index (χ2v) is 10.2. The van der Waals surface area contributed by atoms with Gasteiger partial charge in [-0.2, -0.15) is 18.3 Å². The molecule has 2 amide bonds. The number of hydrogen-bond acceptors (Lipinski definition) is 6. The first-order chi connectivity index (χ1) is 17.7. The number of nitrogens with one attached hydrogen (secondary N) is 1. The highest BCUT2D eigenvalue weighted by Gasteiger charge is 2.33. The highest BCUT2D eigenvalue weighted by molar-refractivity contribution is 8.00. The number of anilines is 1. The minimum Gasteiger partial charge on any atom is -0.495 e. The van der Waals surface area contributed by atoms with Gasteiger partial charge in [0.25, 0.3) is 5.91 Å². The Kier molecular flexibility index (Phi) is 8.74. The molecule has 0 aliphatic rings. The van der Waals surface area contributed by atoms with Gasteiger partial charge >= 0.3 is 11.6 Å². The van der Waals surface area contributed by atoms with E-state index in [1.807, 2.05) is 0 Å². The van der Waals surface area contributed by atoms with Crippen LogP contribution in [-0.4, -0.2) is 53.4 Å². The molecule has 0 atom stereocenters. The minimum atomic E-state index is -4.59. The molecule has 3 rings (SSSR count). The predicted octanol–water partition coefficient (Wildman–Crippen LogP) is 5.76. The summed E-state index contributed by atoms with van der Waals surface area (Å²) < 4.78 is 51.9. The smallest absolute Gasteiger partial charge is 0.446 e. The summed E-state index contributed by atoms with van der Waals surface area (Å²) >= 11 is 5.76. The minimum absolute atomic E-state index is 0.107. The Labute approximate surface area is 226 Å². The van der Waals surface area contributed by atoms with Crippen LogP contribution in [0, 0.1) is 11.8 Å². The summed E-state index contributed by atoms with van der Waals surface area (Å²) in [5.41, 5.74) is -4.94. The number of ether oxygens (including phenoxy) is 2. The van der Waals surface area contributed by atoms with Crippen molar-refractivity contribution in [3.63, 3.8) is 0 Å². The van der Waals surface area contributed by atoms with Crippen LogP contribution in [-0.2, 0) is 4.74 Å². The number of benzene rings is 1. The monoisotopic (exact) mass is 568 g/mol. The van der Waals surface area contributed by atoms with Crippen LogP contribution >= 0.6 is 23.4 Å². The summed E-state index contributed by atoms with van der Waals surface area (Å²) in [5.74, 6) is 5.17. The number of thioether (sulfide) groups is 1. The highest BCUT2D eigenvalue weighted by Crippen LogP contribution is 2.41. The van der Waals surface area contributed by atoms with Crippen molar-refractivity contribution in [1.29, 1.82) is 0 Å². The van der Waals surface area contributed by atoms with Crippen LogP contribution < -0.4 is 15.0 Å². The van der Waals surface area contributed by atoms with Crippen molar-refractivity contribution in [1.82, 2.24) is 14.9 Å². The van der Waals surface area contributed by atoms with E-state index < -0.39 is 17.2 Å². The molecular formula is C25H24ClF3N4O4S. The van der Waals surface area contributed by atoms with Gasteiger partial charge in [0.1, 0.15) is 22.2 Å². The third-order valence-electron chi connectivity index (χ3n) is 4.80. The molecule has 0 aliphatic heterocycles. The quantitative estimate of drug-likeness (QED) is 0.239. The van der Waals surface area contributed by atoms with Gasteiger partial charge in [0.05, 0.1) is 29.8 Å². The molecule has 0 radical (unpaired) electrons. The van der Waals surface area contributed by atoms with E-state index in [9.17, 15) is 22.8 Å². The van der Waals surface area contributed by atoms with Gasteiger partial charge in [-0.15, -0.1) is 0 Å². The first-order valence-corrected chi connectivity index (χ1v) is 12.3. The molecule has 1 N–H and O–H groups in total. The molecule has 0 saturated heterocycles. The number of pyridine rings is 1. The average Bonchev–Trinajstić information content (AvgIpc) is 3.17. The van der Waals surface area contributed by atoms with Crippen LogP contribution in [0.1, 0.15) is 36.8 Å². The van der Waals surface area contributed by atoms with Crippen LogP contribution in [0.25, 0.3) is 5.52 Å². The number of amides is 2. The molecule has 2 heterocycles. The van der Waals surface area contributed by atoms with Crippen LogP contribution in [0.15, 0.2) is 41.3 Å². The van der Waals surface area contributed by atoms with Crippen LogP contribution in [0.4, 0.5) is 23.7 Å². The third-order valence-corrected chi connectivity index (χ3v) is 5.93. The van der Waals surface area contributed by atoms with E-state index in [1.54, 1.807) is 20.8 Å². The first-order valence-electron chi connectivity index (χ1n) is 11.1. The maximum absolute atomic E-state index is 13.3. The Balaban J connectivity index is 2.06. The lowest BCUT2D eigenvalue weighted by Gasteiger charge is -2.27. The van der Waals surface area contributed by atoms with Gasteiger partial charge in [0, 0.05) is 12.6 Å². The van der Waals surface area contributed by atoms with Crippen LogP contribution in [0.5, 0.6) is 5.75 Å². The Bertz CT molecular complexity index is 1420. The summed E-state index contributed by atoms with van der Waals surface area (Å²) in [5, 5.41) is 6.74. The molecule has 0 unspecified atom stereocenters. The van der Waals surface area contributed by atoms with Crippen molar-refractivity contribution in [2.45, 2.75) is 36.8 Å². The molecule has 2 aromatic heterocycles. The largest absolute Gasteiger partial charge is 0.495 e. The lowest BCUT2D eigenvalue weighted by Crippen LogP contribution is -2.37. The number of halogens is 4. The second-order valence-electron chi connectivity index (χ2n) is 8.71. The molecule has 8 nitrogen and oxygen atoms in total. The number of rotatable bonds is 5. The fourth-order valence-electron chi connectivity index (χ4n) is 3.27. The molecule has 1 aromatic carbocycles. The van der Waals surface area contributed by atoms with Gasteiger partial charge in [0.15, 0.2) is 0 Å². The lowest BCUT2D eigenvalue weighted by atomic mass is 10.1. The second kappa shape index (κ2) is 11.4. The summed E-state index contributed by atoms with van der Waals surface area (Å²) in [6.45, 7) is 4.76. The Morgan fingerprint density at radius 1 is 1.21 bits per heavy atom. The van der Waals surface area contributed by atoms with Crippen molar-refractivity contribution in [2.24, 2.45) is 0 Å². The number of nitrogens with zero attached hydrogens (tertiary/aromatic N) is 3. The number of aromatic nitrogens is 2. The SMILES string of the molecule is CNC(=O)c1ccc(N(CC#Cc2nn3c(Cl)cccc3c2SC(F)(F)F)C(=O)OC(C)(C)C)c(OC)c1. The van der Waals surface area contributed by atoms with Crippen molar-refractivity contribution in [3.05, 3.63) is 52.8 Å². The van der Waals surface area contributed by atoms with Crippen LogP contribution in [0.3, 0.4) is 0 Å². The zero-order chi connectivity index (χ0) is 28.3. The highest BCUT2D eigenvalue weighted by atomic mass is 35.5. The molecule has 0 saturated carbocycles. The van der Waals surface area contributed by atoms with E-state index in [0.717, 1.165) is 9.42 Å². The summed E-state index contributed by atoms with van der Waals surface area (Å²) in [4.78, 5) is 26.1. The van der Waals surface area contributed by atoms with E-state index >= 15 is 0 Å². The number of fused-ring (bicyclic) bond motifs is 1. The summed E-state index contributed by atoms with van der Waals surface area (Å²) in [7, 11) is 2.84. The third kappa shape index (κ3) is 7.05. The zero-order valence-corrected chi connectivity index (χ0v) is 22.6. The van der Waals surface area contributed by atoms with Gasteiger partial charge in [0.2, 0.25) is 0 Å². The maximum Gasteiger partial charge on any atom is 0.446 e.